The van der Waals surface area contributed by atoms with Gasteiger partial charge in [-0.15, -0.1) is 0 Å². The number of fused-ring (bicyclic) bond motifs is 1. The van der Waals surface area contributed by atoms with Gasteiger partial charge < -0.3 is 53.4 Å². The van der Waals surface area contributed by atoms with Crippen LogP contribution in [-0.4, -0.2) is 63.6 Å². The molecule has 1 unspecified atom stereocenters. The van der Waals surface area contributed by atoms with Crippen molar-refractivity contribution in [3.8, 4) is 0 Å². The second-order valence-electron chi connectivity index (χ2n) is 7.83. The molecule has 18 heteroatoms. The average Bonchev–Trinajstić information content (AvgIpc) is 2.72. The van der Waals surface area contributed by atoms with E-state index in [-0.39, 0.29) is 58.7 Å². The van der Waals surface area contributed by atoms with Gasteiger partial charge in [-0.2, -0.15) is 9.97 Å². The van der Waals surface area contributed by atoms with E-state index in [9.17, 15) is 32.9 Å². The highest BCUT2D eigenvalue weighted by molar-refractivity contribution is 7.85. The Morgan fingerprint density at radius 1 is 1.16 bits per heavy atom. The molecule has 0 saturated carbocycles. The molecule has 0 bridgehead atoms. The fraction of sp³-hybridized carbons (Fsp3) is 0.263. The van der Waals surface area contributed by atoms with Crippen LogP contribution in [-0.2, 0) is 21.5 Å². The van der Waals surface area contributed by atoms with Crippen LogP contribution in [0, 0.1) is 12.1 Å². The summed E-state index contributed by atoms with van der Waals surface area (Å²) in [5.74, 6) is -4.33. The van der Waals surface area contributed by atoms with Gasteiger partial charge in [0.1, 0.15) is 17.9 Å². The summed E-state index contributed by atoms with van der Waals surface area (Å²) < 4.78 is 31.6. The lowest BCUT2D eigenvalue weighted by Gasteiger charge is -2.38. The summed E-state index contributed by atoms with van der Waals surface area (Å²) in [5.41, 5.74) is 12.6. The van der Waals surface area contributed by atoms with E-state index in [1.54, 1.807) is 6.92 Å². The molecule has 2 atom stereocenters. The van der Waals surface area contributed by atoms with E-state index < -0.39 is 38.4 Å². The molecule has 0 aliphatic carbocycles. The lowest BCUT2D eigenvalue weighted by molar-refractivity contribution is -0.307. The highest BCUT2D eigenvalue weighted by atomic mass is 32.2. The van der Waals surface area contributed by atoms with E-state index in [1.807, 2.05) is 5.32 Å². The summed E-state index contributed by atoms with van der Waals surface area (Å²) in [4.78, 5) is 39.6. The maximum Gasteiger partial charge on any atom is 0.251 e. The standard InChI is InChI=1S/C19H22N8O7S.2H3N/c1-9-5-10(17(28)24-12(18(29)30)8-35(32,33)34)3-4-13(9)27(2,31)7-11-6-22-16-14(23-11)15(20)25-19(21)26-16;;/h3-6,12H,7-8H2,1-2H3,(H,24,28)(H,29,30)(H,32,33,34)(H4,20,21,22,25,26);2*1H3/t12-,27?;;/m0../s1. The van der Waals surface area contributed by atoms with Crippen molar-refractivity contribution in [1.29, 1.82) is 0 Å². The van der Waals surface area contributed by atoms with Gasteiger partial charge in [0, 0.05) is 17.2 Å². The van der Waals surface area contributed by atoms with E-state index in [0.717, 1.165) is 0 Å². The van der Waals surface area contributed by atoms with Crippen molar-refractivity contribution in [2.24, 2.45) is 0 Å². The Hall–Kier alpha value is -4.07. The smallest absolute Gasteiger partial charge is 0.251 e. The number of amides is 1. The largest absolute Gasteiger partial charge is 0.748 e. The Labute approximate surface area is 211 Å². The number of nitrogen functional groups attached to an aromatic ring is 2. The highest BCUT2D eigenvalue weighted by Gasteiger charge is 2.23. The molecule has 13 N–H and O–H groups in total. The number of benzene rings is 1. The predicted molar refractivity (Wildman–Crippen MR) is 133 cm³/mol. The molecular weight excluding hydrogens is 512 g/mol. The average molecular weight is 541 g/mol. The van der Waals surface area contributed by atoms with Gasteiger partial charge in [0.2, 0.25) is 5.95 Å². The number of carbonyl (C=O) groups is 2. The van der Waals surface area contributed by atoms with Crippen molar-refractivity contribution in [2.75, 3.05) is 24.3 Å². The topological polar surface area (TPSA) is 326 Å². The van der Waals surface area contributed by atoms with Crippen molar-refractivity contribution in [3.05, 3.63) is 46.4 Å². The van der Waals surface area contributed by atoms with Gasteiger partial charge in [-0.1, -0.05) is 0 Å². The molecule has 17 nitrogen and oxygen atoms in total. The molecule has 0 aliphatic rings. The van der Waals surface area contributed by atoms with Crippen LogP contribution in [0.4, 0.5) is 17.5 Å². The number of hydrogen-bond donors (Lipinski definition) is 5. The molecule has 0 saturated heterocycles. The molecule has 1 aromatic carbocycles. The Bertz CT molecular complexity index is 1430. The Balaban J connectivity index is 0.00000342. The Kier molecular flexibility index (Phi) is 9.48. The number of quaternary nitrogens is 3. The van der Waals surface area contributed by atoms with Crippen LogP contribution in [0.15, 0.2) is 24.4 Å². The fourth-order valence-corrected chi connectivity index (χ4v) is 4.02. The molecule has 0 aliphatic heterocycles. The first-order valence-corrected chi connectivity index (χ1v) is 11.4. The number of nitrogens with one attached hydrogen (secondary N) is 1. The number of aryl methyl sites for hydroxylation is 1. The van der Waals surface area contributed by atoms with E-state index in [1.165, 1.54) is 31.4 Å². The number of carboxylic acids is 1. The number of anilines is 2. The second kappa shape index (κ2) is 11.3. The summed E-state index contributed by atoms with van der Waals surface area (Å²) in [5, 5.41) is 26.4. The number of aromatic nitrogens is 4. The molecule has 202 valence electrons. The molecule has 3 aromatic rings. The third kappa shape index (κ3) is 7.46. The van der Waals surface area contributed by atoms with Crippen molar-refractivity contribution < 1.29 is 27.7 Å². The minimum absolute atomic E-state index is 0. The number of rotatable bonds is 8. The van der Waals surface area contributed by atoms with E-state index in [0.29, 0.717) is 5.56 Å². The SMILES string of the molecule is Cc1cc(C(=O)N[C@@H](CS(=O)(=O)[O-])C(=O)[O-])ccc1[N+](C)([O-])Cc1cnc2nc(N)nc(N)c2n1.[NH4+].[NH4+]. The summed E-state index contributed by atoms with van der Waals surface area (Å²) >= 11 is 0. The molecule has 0 radical (unpaired) electrons. The number of nitrogens with two attached hydrogens (primary N) is 2. The third-order valence-electron chi connectivity index (χ3n) is 4.89. The van der Waals surface area contributed by atoms with Crippen LogP contribution in [0.2, 0.25) is 0 Å². The van der Waals surface area contributed by atoms with Gasteiger partial charge >= 0.3 is 0 Å². The zero-order valence-electron chi connectivity index (χ0n) is 20.5. The minimum atomic E-state index is -4.94. The maximum atomic E-state index is 13.4. The summed E-state index contributed by atoms with van der Waals surface area (Å²) in [6.45, 7) is 1.38. The number of hydrogen-bond acceptors (Lipinski definition) is 13. The molecule has 37 heavy (non-hydrogen) atoms. The van der Waals surface area contributed by atoms with Gasteiger partial charge in [0.15, 0.2) is 17.0 Å². The van der Waals surface area contributed by atoms with Gasteiger partial charge in [0.25, 0.3) is 5.91 Å². The quantitative estimate of drug-likeness (QED) is 0.126. The molecular formula is C19H28N10O7S. The number of aliphatic carboxylic acids is 1. The van der Waals surface area contributed by atoms with E-state index in [4.69, 9.17) is 11.5 Å². The number of carbonyl (C=O) groups excluding carboxylic acids is 2. The molecule has 2 heterocycles. The Morgan fingerprint density at radius 2 is 1.81 bits per heavy atom. The maximum absolute atomic E-state index is 13.4. The number of hydroxylamine groups is 2. The lowest BCUT2D eigenvalue weighted by Crippen LogP contribution is -2.51. The van der Waals surface area contributed by atoms with Crippen LogP contribution in [0.25, 0.3) is 11.2 Å². The summed E-state index contributed by atoms with van der Waals surface area (Å²) in [6, 6.07) is 1.90. The van der Waals surface area contributed by atoms with Gasteiger partial charge in [-0.05, 0) is 19.1 Å². The van der Waals surface area contributed by atoms with Crippen molar-refractivity contribution in [3.63, 3.8) is 0 Å². The van der Waals surface area contributed by atoms with Crippen molar-refractivity contribution in [2.45, 2.75) is 19.5 Å². The van der Waals surface area contributed by atoms with Gasteiger partial charge in [-0.25, -0.2) is 18.4 Å². The van der Waals surface area contributed by atoms with Crippen molar-refractivity contribution >= 4 is 50.6 Å². The number of nitrogens with zero attached hydrogens (tertiary/aromatic N) is 5. The highest BCUT2D eigenvalue weighted by Crippen LogP contribution is 2.28. The minimum Gasteiger partial charge on any atom is -0.748 e. The monoisotopic (exact) mass is 540 g/mol. The van der Waals surface area contributed by atoms with Crippen LogP contribution in [0.5, 0.6) is 0 Å². The first-order chi connectivity index (χ1) is 16.2. The normalized spacial score (nSPS) is 13.5. The van der Waals surface area contributed by atoms with Crippen LogP contribution >= 0.6 is 0 Å². The van der Waals surface area contributed by atoms with Gasteiger partial charge in [-0.3, -0.25) is 4.79 Å². The van der Waals surface area contributed by atoms with E-state index >= 15 is 0 Å². The van der Waals surface area contributed by atoms with E-state index in [2.05, 4.69) is 19.9 Å². The number of carboxylic acid groups (broad SMARTS) is 1. The van der Waals surface area contributed by atoms with Crippen LogP contribution in [0.1, 0.15) is 21.6 Å². The van der Waals surface area contributed by atoms with Gasteiger partial charge in [0.05, 0.1) is 41.1 Å². The van der Waals surface area contributed by atoms with Crippen LogP contribution in [0.3, 0.4) is 0 Å². The molecule has 1 amide bonds. The first-order valence-electron chi connectivity index (χ1n) is 9.84. The first kappa shape index (κ1) is 31.0. The molecule has 0 fully saturated rings. The van der Waals surface area contributed by atoms with Crippen molar-refractivity contribution in [1.82, 2.24) is 42.2 Å². The summed E-state index contributed by atoms with van der Waals surface area (Å²) in [7, 11) is -3.59. The zero-order valence-corrected chi connectivity index (χ0v) is 21.3. The molecule has 0 spiro atoms. The second-order valence-corrected chi connectivity index (χ2v) is 9.28. The Morgan fingerprint density at radius 3 is 2.38 bits per heavy atom. The summed E-state index contributed by atoms with van der Waals surface area (Å²) in [6.07, 6.45) is 1.35. The van der Waals surface area contributed by atoms with Crippen LogP contribution < -0.4 is 38.8 Å². The lowest BCUT2D eigenvalue weighted by atomic mass is 10.1. The predicted octanol–water partition coefficient (Wildman–Crippen LogP) is -1.33. The third-order valence-corrected chi connectivity index (χ3v) is 5.64. The molecule has 2 aromatic heterocycles. The molecule has 3 rings (SSSR count). The zero-order chi connectivity index (χ0) is 26.1. The fourth-order valence-electron chi connectivity index (χ4n) is 3.40.